The van der Waals surface area contributed by atoms with E-state index in [9.17, 15) is 4.79 Å². The molecular formula is C14H27NO3S2. The van der Waals surface area contributed by atoms with Crippen LogP contribution in [0.25, 0.3) is 0 Å². The molecule has 20 heavy (non-hydrogen) atoms. The first kappa shape index (κ1) is 21.9. The number of carbonyl (C=O) groups is 1. The molecule has 0 spiro atoms. The van der Waals surface area contributed by atoms with Crippen LogP contribution in [0.4, 0.5) is 0 Å². The van der Waals surface area contributed by atoms with E-state index in [1.807, 2.05) is 20.1 Å². The highest BCUT2D eigenvalue weighted by Gasteiger charge is 2.06. The quantitative estimate of drug-likeness (QED) is 0.290. The second-order valence-corrected chi connectivity index (χ2v) is 5.86. The lowest BCUT2D eigenvalue weighted by atomic mass is 10.5. The minimum absolute atomic E-state index is 0.0568. The van der Waals surface area contributed by atoms with Crippen LogP contribution in [0.3, 0.4) is 0 Å². The van der Waals surface area contributed by atoms with E-state index < -0.39 is 0 Å². The van der Waals surface area contributed by atoms with Crippen LogP contribution >= 0.6 is 21.6 Å². The second-order valence-electron chi connectivity index (χ2n) is 3.23. The van der Waals surface area contributed by atoms with E-state index in [2.05, 4.69) is 24.1 Å². The van der Waals surface area contributed by atoms with E-state index in [-0.39, 0.29) is 18.0 Å². The SMILES string of the molecule is CC.CC#CCNC(=O)COCCOC(CC)SSC. The van der Waals surface area contributed by atoms with Gasteiger partial charge in [-0.25, -0.2) is 0 Å². The molecule has 0 bridgehead atoms. The zero-order chi connectivity index (χ0) is 15.6. The molecule has 0 saturated heterocycles. The Labute approximate surface area is 131 Å². The second kappa shape index (κ2) is 18.7. The van der Waals surface area contributed by atoms with Gasteiger partial charge in [-0.05, 0) is 19.6 Å². The summed E-state index contributed by atoms with van der Waals surface area (Å²) < 4.78 is 10.8. The Morgan fingerprint density at radius 2 is 2.05 bits per heavy atom. The van der Waals surface area contributed by atoms with Gasteiger partial charge in [-0.2, -0.15) is 0 Å². The Kier molecular flexibility index (Phi) is 20.5. The Balaban J connectivity index is 0. The van der Waals surface area contributed by atoms with Gasteiger partial charge in [-0.3, -0.25) is 4.79 Å². The van der Waals surface area contributed by atoms with Gasteiger partial charge >= 0.3 is 0 Å². The Hall–Kier alpha value is -0.350. The standard InChI is InChI=1S/C12H21NO3S2.C2H6/c1-4-6-7-13-11(14)10-15-8-9-16-12(5-2)18-17-3;1-2/h12H,5,7-10H2,1-3H3,(H,13,14);1-2H3. The molecule has 1 unspecified atom stereocenters. The van der Waals surface area contributed by atoms with E-state index >= 15 is 0 Å². The summed E-state index contributed by atoms with van der Waals surface area (Å²) in [7, 11) is 3.39. The van der Waals surface area contributed by atoms with Crippen LogP contribution in [0.1, 0.15) is 34.1 Å². The highest BCUT2D eigenvalue weighted by atomic mass is 33.1. The fourth-order valence-electron chi connectivity index (χ4n) is 1.01. The maximum Gasteiger partial charge on any atom is 0.246 e. The summed E-state index contributed by atoms with van der Waals surface area (Å²) in [6.07, 6.45) is 2.98. The summed E-state index contributed by atoms with van der Waals surface area (Å²) in [4.78, 5) is 11.2. The molecule has 0 rings (SSSR count). The van der Waals surface area contributed by atoms with Crippen molar-refractivity contribution in [3.63, 3.8) is 0 Å². The smallest absolute Gasteiger partial charge is 0.246 e. The molecule has 0 heterocycles. The van der Waals surface area contributed by atoms with Gasteiger partial charge < -0.3 is 14.8 Å². The molecule has 118 valence electrons. The van der Waals surface area contributed by atoms with Gasteiger partial charge in [-0.1, -0.05) is 48.3 Å². The maximum atomic E-state index is 11.2. The van der Waals surface area contributed by atoms with E-state index in [0.29, 0.717) is 19.8 Å². The highest BCUT2D eigenvalue weighted by molar-refractivity contribution is 8.76. The van der Waals surface area contributed by atoms with Gasteiger partial charge in [0.15, 0.2) is 0 Å². The molecule has 0 aromatic rings. The van der Waals surface area contributed by atoms with Crippen molar-refractivity contribution in [3.05, 3.63) is 0 Å². The van der Waals surface area contributed by atoms with Gasteiger partial charge in [-0.15, -0.1) is 5.92 Å². The monoisotopic (exact) mass is 321 g/mol. The van der Waals surface area contributed by atoms with Crippen molar-refractivity contribution in [2.75, 3.05) is 32.6 Å². The fourth-order valence-corrected chi connectivity index (χ4v) is 2.73. The molecule has 0 aromatic heterocycles. The minimum Gasteiger partial charge on any atom is -0.369 e. The molecule has 0 radical (unpaired) electrons. The van der Waals surface area contributed by atoms with Gasteiger partial charge in [0.2, 0.25) is 5.91 Å². The molecule has 0 saturated carbocycles. The summed E-state index contributed by atoms with van der Waals surface area (Å²) in [5, 5.41) is 2.63. The summed E-state index contributed by atoms with van der Waals surface area (Å²) in [6, 6.07) is 0. The molecule has 0 aliphatic carbocycles. The van der Waals surface area contributed by atoms with Crippen LogP contribution in [0, 0.1) is 11.8 Å². The average molecular weight is 322 g/mol. The lowest BCUT2D eigenvalue weighted by Gasteiger charge is -2.13. The number of hydrogen-bond donors (Lipinski definition) is 1. The van der Waals surface area contributed by atoms with Gasteiger partial charge in [0.05, 0.1) is 19.8 Å². The van der Waals surface area contributed by atoms with Crippen molar-refractivity contribution in [2.45, 2.75) is 39.6 Å². The zero-order valence-corrected chi connectivity index (χ0v) is 14.8. The van der Waals surface area contributed by atoms with Gasteiger partial charge in [0.25, 0.3) is 0 Å². The molecule has 4 nitrogen and oxygen atoms in total. The van der Waals surface area contributed by atoms with Gasteiger partial charge in [0.1, 0.15) is 12.0 Å². The molecule has 1 N–H and O–H groups in total. The average Bonchev–Trinajstić information content (AvgIpc) is 2.48. The van der Waals surface area contributed by atoms with E-state index in [4.69, 9.17) is 9.47 Å². The first-order valence-electron chi connectivity index (χ1n) is 6.79. The number of ether oxygens (including phenoxy) is 2. The predicted molar refractivity (Wildman–Crippen MR) is 89.8 cm³/mol. The van der Waals surface area contributed by atoms with Crippen LogP contribution in [-0.4, -0.2) is 44.0 Å². The van der Waals surface area contributed by atoms with Gasteiger partial charge in [0, 0.05) is 0 Å². The van der Waals surface area contributed by atoms with Crippen LogP contribution < -0.4 is 5.32 Å². The molecule has 0 aliphatic heterocycles. The number of rotatable bonds is 10. The highest BCUT2D eigenvalue weighted by Crippen LogP contribution is 2.26. The molecule has 1 amide bonds. The molecule has 0 aromatic carbocycles. The van der Waals surface area contributed by atoms with Crippen molar-refractivity contribution >= 4 is 27.5 Å². The Morgan fingerprint density at radius 3 is 2.60 bits per heavy atom. The van der Waals surface area contributed by atoms with Crippen molar-refractivity contribution in [1.82, 2.24) is 5.32 Å². The largest absolute Gasteiger partial charge is 0.369 e. The summed E-state index contributed by atoms with van der Waals surface area (Å²) in [5.41, 5.74) is 0.192. The Bertz CT molecular complexity index is 277. The van der Waals surface area contributed by atoms with Crippen molar-refractivity contribution in [2.24, 2.45) is 0 Å². The van der Waals surface area contributed by atoms with Crippen LogP contribution in [0.5, 0.6) is 0 Å². The molecule has 0 aliphatic rings. The van der Waals surface area contributed by atoms with Crippen LogP contribution in [0.15, 0.2) is 0 Å². The van der Waals surface area contributed by atoms with Crippen molar-refractivity contribution in [1.29, 1.82) is 0 Å². The number of amides is 1. The predicted octanol–water partition coefficient (Wildman–Crippen LogP) is 2.93. The molecule has 0 fully saturated rings. The third-order valence-corrected chi connectivity index (χ3v) is 3.95. The summed E-state index contributed by atoms with van der Waals surface area (Å²) >= 11 is 0. The van der Waals surface area contributed by atoms with Crippen LogP contribution in [-0.2, 0) is 14.3 Å². The third kappa shape index (κ3) is 15.7. The minimum atomic E-state index is -0.150. The molecular weight excluding hydrogens is 294 g/mol. The number of hydrogen-bond acceptors (Lipinski definition) is 5. The van der Waals surface area contributed by atoms with Crippen molar-refractivity contribution < 1.29 is 14.3 Å². The Morgan fingerprint density at radius 1 is 1.35 bits per heavy atom. The summed E-state index contributed by atoms with van der Waals surface area (Å²) in [6.45, 7) is 9.18. The van der Waals surface area contributed by atoms with E-state index in [1.165, 1.54) is 0 Å². The molecule has 6 heteroatoms. The summed E-state index contributed by atoms with van der Waals surface area (Å²) in [5.74, 6) is 5.30. The number of carbonyl (C=O) groups excluding carboxylic acids is 1. The van der Waals surface area contributed by atoms with Crippen LogP contribution in [0.2, 0.25) is 0 Å². The first-order valence-corrected chi connectivity index (χ1v) is 9.41. The normalized spacial score (nSPS) is 10.7. The molecule has 1 atom stereocenters. The zero-order valence-electron chi connectivity index (χ0n) is 13.2. The topological polar surface area (TPSA) is 47.6 Å². The lowest BCUT2D eigenvalue weighted by molar-refractivity contribution is -0.126. The lowest BCUT2D eigenvalue weighted by Crippen LogP contribution is -2.28. The maximum absolute atomic E-state index is 11.2. The number of nitrogens with one attached hydrogen (secondary N) is 1. The van der Waals surface area contributed by atoms with E-state index in [1.54, 1.807) is 28.5 Å². The van der Waals surface area contributed by atoms with E-state index in [0.717, 1.165) is 6.42 Å². The fraction of sp³-hybridized carbons (Fsp3) is 0.786. The first-order chi connectivity index (χ1) is 9.74. The van der Waals surface area contributed by atoms with Crippen molar-refractivity contribution in [3.8, 4) is 11.8 Å². The third-order valence-electron chi connectivity index (χ3n) is 1.85.